The van der Waals surface area contributed by atoms with E-state index in [2.05, 4.69) is 0 Å². The van der Waals surface area contributed by atoms with Crippen molar-refractivity contribution in [3.8, 4) is 0 Å². The van der Waals surface area contributed by atoms with Crippen LogP contribution in [0.25, 0.3) is 0 Å². The summed E-state index contributed by atoms with van der Waals surface area (Å²) in [6.07, 6.45) is 2.48. The third kappa shape index (κ3) is 4.32. The summed E-state index contributed by atoms with van der Waals surface area (Å²) < 4.78 is 0. The maximum Gasteiger partial charge on any atom is 0.0665 e. The molecule has 138 valence electrons. The molecule has 0 aromatic rings. The molecular formula is C19H23B11O. The first kappa shape index (κ1) is 27.7. The Morgan fingerprint density at radius 1 is 0.903 bits per heavy atom. The van der Waals surface area contributed by atoms with Crippen LogP contribution in [0, 0.1) is 17.3 Å². The van der Waals surface area contributed by atoms with Gasteiger partial charge in [-0.05, 0) is 50.4 Å². The molecule has 0 aliphatic heterocycles. The third-order valence-corrected chi connectivity index (χ3v) is 8.01. The lowest BCUT2D eigenvalue weighted by atomic mass is 9.07. The van der Waals surface area contributed by atoms with Crippen LogP contribution in [0.15, 0.2) is 11.1 Å². The Balaban J connectivity index is 2.80. The predicted molar refractivity (Wildman–Crippen MR) is 139 cm³/mol. The first-order valence-electron chi connectivity index (χ1n) is 10.6. The lowest BCUT2D eigenvalue weighted by Gasteiger charge is -2.66. The second kappa shape index (κ2) is 7.71. The molecule has 2 rings (SSSR count). The van der Waals surface area contributed by atoms with Crippen molar-refractivity contribution in [2.24, 2.45) is 17.3 Å². The van der Waals surface area contributed by atoms with E-state index in [1.54, 1.807) is 20.8 Å². The molecule has 0 saturated heterocycles. The summed E-state index contributed by atoms with van der Waals surface area (Å²) in [4.78, 5) is 0. The Labute approximate surface area is 204 Å². The molecule has 0 aromatic heterocycles. The molecular weight excluding hydrogens is 363 g/mol. The smallest absolute Gasteiger partial charge is 0.0665 e. The number of hydrogen-bond donors (Lipinski definition) is 1. The second-order valence-electron chi connectivity index (χ2n) is 11.1. The zero-order chi connectivity index (χ0) is 24.6. The van der Waals surface area contributed by atoms with E-state index in [1.165, 1.54) is 0 Å². The minimum Gasteiger partial charge on any atom is -0.390 e. The van der Waals surface area contributed by atoms with Crippen molar-refractivity contribution in [3.05, 3.63) is 11.1 Å². The first-order chi connectivity index (χ1) is 13.4. The number of fused-ring (bicyclic) bond motifs is 1. The van der Waals surface area contributed by atoms with Gasteiger partial charge < -0.3 is 5.11 Å². The van der Waals surface area contributed by atoms with Crippen LogP contribution in [0.1, 0.15) is 53.4 Å². The fourth-order valence-corrected chi connectivity index (χ4v) is 5.36. The van der Waals surface area contributed by atoms with Crippen molar-refractivity contribution in [2.45, 2.75) is 84.9 Å². The quantitative estimate of drug-likeness (QED) is 0.532. The number of hydrogen-bond acceptors (Lipinski definition) is 1. The van der Waals surface area contributed by atoms with E-state index in [-0.39, 0.29) is 5.92 Å². The summed E-state index contributed by atoms with van der Waals surface area (Å²) in [7, 11) is 68.8. The number of aliphatic hydroxyl groups is 1. The van der Waals surface area contributed by atoms with Crippen molar-refractivity contribution in [3.63, 3.8) is 0 Å². The van der Waals surface area contributed by atoms with Crippen molar-refractivity contribution in [2.75, 3.05) is 0 Å². The highest BCUT2D eigenvalue weighted by molar-refractivity contribution is 6.72. The molecule has 22 radical (unpaired) electrons. The molecule has 0 bridgehead atoms. The Kier molecular flexibility index (Phi) is 6.88. The van der Waals surface area contributed by atoms with Crippen LogP contribution in [0.5, 0.6) is 0 Å². The molecule has 0 heterocycles. The Morgan fingerprint density at radius 3 is 1.81 bits per heavy atom. The molecule has 0 amide bonds. The van der Waals surface area contributed by atoms with Crippen LogP contribution in [0.3, 0.4) is 0 Å². The van der Waals surface area contributed by atoms with E-state index in [4.69, 9.17) is 86.3 Å². The largest absolute Gasteiger partial charge is 0.390 e. The van der Waals surface area contributed by atoms with E-state index in [1.807, 2.05) is 6.92 Å². The zero-order valence-electron chi connectivity index (χ0n) is 19.3. The molecule has 1 saturated carbocycles. The van der Waals surface area contributed by atoms with E-state index >= 15 is 0 Å². The van der Waals surface area contributed by atoms with Crippen LogP contribution in [-0.4, -0.2) is 97.0 Å². The van der Waals surface area contributed by atoms with Crippen LogP contribution >= 0.6 is 0 Å². The van der Waals surface area contributed by atoms with Gasteiger partial charge in [0.05, 0.1) is 68.4 Å². The second-order valence-corrected chi connectivity index (χ2v) is 11.1. The van der Waals surface area contributed by atoms with Crippen LogP contribution in [-0.2, 0) is 0 Å². The van der Waals surface area contributed by atoms with E-state index in [9.17, 15) is 5.11 Å². The molecule has 2 aliphatic rings. The van der Waals surface area contributed by atoms with Gasteiger partial charge in [0.25, 0.3) is 0 Å². The van der Waals surface area contributed by atoms with Crippen LogP contribution in [0.2, 0.25) is 26.0 Å². The van der Waals surface area contributed by atoms with Gasteiger partial charge in [-0.25, -0.2) is 0 Å². The number of allylic oxidation sites excluding steroid dienone is 2. The average molecular weight is 386 g/mol. The zero-order valence-corrected chi connectivity index (χ0v) is 19.3. The molecule has 31 heavy (non-hydrogen) atoms. The van der Waals surface area contributed by atoms with Crippen molar-refractivity contribution >= 4 is 86.3 Å². The maximum absolute atomic E-state index is 10.7. The average Bonchev–Trinajstić information content (AvgIpc) is 2.52. The van der Waals surface area contributed by atoms with Gasteiger partial charge in [-0.3, -0.25) is 0 Å². The highest BCUT2D eigenvalue weighted by atomic mass is 16.3. The van der Waals surface area contributed by atoms with Crippen LogP contribution in [0.4, 0.5) is 0 Å². The normalized spacial score (nSPS) is 30.6. The third-order valence-electron chi connectivity index (χ3n) is 8.01. The van der Waals surface area contributed by atoms with Crippen LogP contribution < -0.4 is 0 Å². The molecule has 1 unspecified atom stereocenters. The predicted octanol–water partition coefficient (Wildman–Crippen LogP) is 0.292. The summed E-state index contributed by atoms with van der Waals surface area (Å²) in [6.45, 7) is 7.39. The Morgan fingerprint density at radius 2 is 1.39 bits per heavy atom. The SMILES string of the molecule is [B]C1([B])C[C@@]2(C)CC[C@@H](C(C)(C)O)CC2=C(C([B])([B])C([B])([B])C([B])([B])C([B])([B])[B])C1C. The van der Waals surface area contributed by atoms with Gasteiger partial charge in [0.2, 0.25) is 0 Å². The van der Waals surface area contributed by atoms with Gasteiger partial charge in [0, 0.05) is 23.5 Å². The molecule has 0 spiro atoms. The summed E-state index contributed by atoms with van der Waals surface area (Å²) in [5.41, 5.74) is -0.0365. The summed E-state index contributed by atoms with van der Waals surface area (Å²) in [5, 5.41) is 0.722. The van der Waals surface area contributed by atoms with Crippen molar-refractivity contribution < 1.29 is 5.11 Å². The van der Waals surface area contributed by atoms with E-state index in [0.717, 1.165) is 12.0 Å². The fraction of sp³-hybridized carbons (Fsp3) is 0.895. The lowest BCUT2D eigenvalue weighted by molar-refractivity contribution is -0.00609. The molecule has 3 atom stereocenters. The minimum atomic E-state index is -2.29. The maximum atomic E-state index is 10.7. The molecule has 1 N–H and O–H groups in total. The number of rotatable bonds is 5. The monoisotopic (exact) mass is 388 g/mol. The molecule has 1 nitrogen and oxygen atoms in total. The molecule has 1 fully saturated rings. The van der Waals surface area contributed by atoms with Crippen molar-refractivity contribution in [1.29, 1.82) is 0 Å². The standard InChI is InChI=1S/C19H23B11O/c1-9-12(16(22,23)17(24,25)18(26,27)19(28,29)30)11-7-10(13(2,3)31)5-6-14(11,4)8-15(9,20)21/h9-10,31H,5-8H2,1-4H3/t9?,10-,14-/m1/s1. The van der Waals surface area contributed by atoms with Gasteiger partial charge in [-0.15, -0.1) is 15.5 Å². The first-order valence-corrected chi connectivity index (χ1v) is 10.6. The van der Waals surface area contributed by atoms with Gasteiger partial charge in [0.1, 0.15) is 0 Å². The highest BCUT2D eigenvalue weighted by Gasteiger charge is 2.56. The lowest BCUT2D eigenvalue weighted by Crippen LogP contribution is -2.54. The van der Waals surface area contributed by atoms with Gasteiger partial charge in [-0.1, -0.05) is 41.8 Å². The van der Waals surface area contributed by atoms with Crippen molar-refractivity contribution in [1.82, 2.24) is 0 Å². The summed E-state index contributed by atoms with van der Waals surface area (Å²) in [5.74, 6) is -0.601. The highest BCUT2D eigenvalue weighted by Crippen LogP contribution is 2.71. The van der Waals surface area contributed by atoms with Gasteiger partial charge in [0.15, 0.2) is 0 Å². The molecule has 0 aromatic carbocycles. The van der Waals surface area contributed by atoms with E-state index in [0.29, 0.717) is 24.8 Å². The topological polar surface area (TPSA) is 20.2 Å². The van der Waals surface area contributed by atoms with Gasteiger partial charge in [-0.2, -0.15) is 0 Å². The molecule has 2 aliphatic carbocycles. The Hall–Kier alpha value is 0.414. The fourth-order valence-electron chi connectivity index (χ4n) is 5.36. The van der Waals surface area contributed by atoms with E-state index < -0.39 is 42.9 Å². The van der Waals surface area contributed by atoms with Gasteiger partial charge >= 0.3 is 0 Å². The Bertz CT molecular complexity index is 745. The minimum absolute atomic E-state index is 0.0558. The summed E-state index contributed by atoms with van der Waals surface area (Å²) >= 11 is 0. The summed E-state index contributed by atoms with van der Waals surface area (Å²) in [6, 6.07) is 0. The molecule has 12 heteroatoms.